The Morgan fingerprint density at radius 3 is 2.11 bits per heavy atom. The predicted molar refractivity (Wildman–Crippen MR) is 125 cm³/mol. The molecule has 0 saturated carbocycles. The van der Waals surface area contributed by atoms with E-state index in [0.717, 1.165) is 24.3 Å². The number of ether oxygens (including phenoxy) is 2. The smallest absolute Gasteiger partial charge is 0.416 e. The number of rotatable bonds is 9. The van der Waals surface area contributed by atoms with Gasteiger partial charge in [0, 0.05) is 11.4 Å². The number of halogens is 3. The molecule has 11 heteroatoms. The molecule has 3 aromatic carbocycles. The summed E-state index contributed by atoms with van der Waals surface area (Å²) in [5.74, 6) is 0.320. The molecule has 0 aliphatic rings. The number of nitrogens with one attached hydrogen (secondary N) is 2. The summed E-state index contributed by atoms with van der Waals surface area (Å²) in [4.78, 5) is 12.1. The standard InChI is InChI=1S/C24H23F3N2O5S/c1-3-33-20-10-8-19(9-11-20)29-35(31,32)21-12-13-22(16(2)14-21)34-15-23(30)28-18-6-4-17(5-7-18)24(25,26)27/h4-14,29H,3,15H2,1-2H3,(H,28,30). The van der Waals surface area contributed by atoms with Crippen LogP contribution in [0.25, 0.3) is 0 Å². The molecule has 0 unspecified atom stereocenters. The van der Waals surface area contributed by atoms with Crippen LogP contribution in [0.4, 0.5) is 24.5 Å². The van der Waals surface area contributed by atoms with E-state index in [4.69, 9.17) is 9.47 Å². The van der Waals surface area contributed by atoms with E-state index in [-0.39, 0.29) is 16.3 Å². The highest BCUT2D eigenvalue weighted by molar-refractivity contribution is 7.92. The summed E-state index contributed by atoms with van der Waals surface area (Å²) in [6.45, 7) is 3.55. The van der Waals surface area contributed by atoms with E-state index in [9.17, 15) is 26.4 Å². The number of amides is 1. The van der Waals surface area contributed by atoms with Crippen LogP contribution in [0.15, 0.2) is 71.6 Å². The van der Waals surface area contributed by atoms with Gasteiger partial charge in [-0.15, -0.1) is 0 Å². The van der Waals surface area contributed by atoms with Gasteiger partial charge in [0.2, 0.25) is 0 Å². The second-order valence-corrected chi connectivity index (χ2v) is 9.08. The predicted octanol–water partition coefficient (Wildman–Crippen LogP) is 5.23. The Morgan fingerprint density at radius 1 is 0.914 bits per heavy atom. The fourth-order valence-electron chi connectivity index (χ4n) is 3.03. The maximum absolute atomic E-state index is 12.7. The van der Waals surface area contributed by atoms with Crippen LogP contribution >= 0.6 is 0 Å². The van der Waals surface area contributed by atoms with Gasteiger partial charge in [-0.1, -0.05) is 0 Å². The minimum atomic E-state index is -4.47. The zero-order valence-corrected chi connectivity index (χ0v) is 19.7. The zero-order chi connectivity index (χ0) is 25.6. The lowest BCUT2D eigenvalue weighted by Gasteiger charge is -2.13. The van der Waals surface area contributed by atoms with Gasteiger partial charge in [-0.3, -0.25) is 9.52 Å². The van der Waals surface area contributed by atoms with Crippen molar-refractivity contribution >= 4 is 27.3 Å². The van der Waals surface area contributed by atoms with Crippen LogP contribution in [0.1, 0.15) is 18.1 Å². The van der Waals surface area contributed by atoms with Gasteiger partial charge in [-0.2, -0.15) is 13.2 Å². The third kappa shape index (κ3) is 7.12. The molecule has 0 spiro atoms. The van der Waals surface area contributed by atoms with Gasteiger partial charge in [0.1, 0.15) is 11.5 Å². The molecule has 0 bridgehead atoms. The summed E-state index contributed by atoms with van der Waals surface area (Å²) in [5.41, 5.74) is 0.202. The molecule has 1 amide bonds. The molecule has 0 fully saturated rings. The Kier molecular flexibility index (Phi) is 7.90. The number of carbonyl (C=O) groups excluding carboxylic acids is 1. The fraction of sp³-hybridized carbons (Fsp3) is 0.208. The molecule has 3 rings (SSSR count). The molecule has 186 valence electrons. The van der Waals surface area contributed by atoms with Gasteiger partial charge in [0.05, 0.1) is 17.1 Å². The molecule has 0 atom stereocenters. The van der Waals surface area contributed by atoms with E-state index in [0.29, 0.717) is 23.6 Å². The summed E-state index contributed by atoms with van der Waals surface area (Å²) in [5, 5.41) is 2.44. The lowest BCUT2D eigenvalue weighted by atomic mass is 10.2. The highest BCUT2D eigenvalue weighted by atomic mass is 32.2. The average molecular weight is 509 g/mol. The second-order valence-electron chi connectivity index (χ2n) is 7.40. The molecule has 35 heavy (non-hydrogen) atoms. The maximum Gasteiger partial charge on any atom is 0.416 e. The SMILES string of the molecule is CCOc1ccc(NS(=O)(=O)c2ccc(OCC(=O)Nc3ccc(C(F)(F)F)cc3)c(C)c2)cc1. The zero-order valence-electron chi connectivity index (χ0n) is 18.8. The molecule has 7 nitrogen and oxygen atoms in total. The van der Waals surface area contributed by atoms with Gasteiger partial charge < -0.3 is 14.8 Å². The Hall–Kier alpha value is -3.73. The van der Waals surface area contributed by atoms with Crippen molar-refractivity contribution in [3.8, 4) is 11.5 Å². The second kappa shape index (κ2) is 10.7. The third-order valence-electron chi connectivity index (χ3n) is 4.73. The highest BCUT2D eigenvalue weighted by Crippen LogP contribution is 2.30. The van der Waals surface area contributed by atoms with Gasteiger partial charge in [-0.05, 0) is 86.1 Å². The summed E-state index contributed by atoms with van der Waals surface area (Å²) in [6.07, 6.45) is -4.47. The van der Waals surface area contributed by atoms with Crippen molar-refractivity contribution in [2.24, 2.45) is 0 Å². The fourth-order valence-corrected chi connectivity index (χ4v) is 4.18. The van der Waals surface area contributed by atoms with Crippen molar-refractivity contribution in [3.63, 3.8) is 0 Å². The molecular weight excluding hydrogens is 485 g/mol. The van der Waals surface area contributed by atoms with Crippen LogP contribution in [0.2, 0.25) is 0 Å². The van der Waals surface area contributed by atoms with Crippen molar-refractivity contribution in [2.75, 3.05) is 23.3 Å². The van der Waals surface area contributed by atoms with E-state index in [1.165, 1.54) is 18.2 Å². The molecule has 0 aromatic heterocycles. The van der Waals surface area contributed by atoms with Gasteiger partial charge in [0.15, 0.2) is 6.61 Å². The van der Waals surface area contributed by atoms with Crippen LogP contribution in [0.3, 0.4) is 0 Å². The minimum Gasteiger partial charge on any atom is -0.494 e. The Labute approximate surface area is 200 Å². The molecule has 0 heterocycles. The molecular formula is C24H23F3N2O5S. The normalized spacial score (nSPS) is 11.6. The number of anilines is 2. The first-order chi connectivity index (χ1) is 16.5. The first-order valence-corrected chi connectivity index (χ1v) is 11.9. The molecule has 0 aliphatic carbocycles. The minimum absolute atomic E-state index is 0.00504. The number of aryl methyl sites for hydroxylation is 1. The van der Waals surface area contributed by atoms with E-state index in [1.807, 2.05) is 6.92 Å². The van der Waals surface area contributed by atoms with Crippen molar-refractivity contribution in [2.45, 2.75) is 24.9 Å². The van der Waals surface area contributed by atoms with E-state index >= 15 is 0 Å². The Morgan fingerprint density at radius 2 is 1.54 bits per heavy atom. The molecule has 3 aromatic rings. The quantitative estimate of drug-likeness (QED) is 0.413. The number of hydrogen-bond donors (Lipinski definition) is 2. The highest BCUT2D eigenvalue weighted by Gasteiger charge is 2.30. The summed E-state index contributed by atoms with van der Waals surface area (Å²) < 4.78 is 76.6. The first-order valence-electron chi connectivity index (χ1n) is 10.4. The van der Waals surface area contributed by atoms with Crippen LogP contribution in [-0.4, -0.2) is 27.5 Å². The Balaban J connectivity index is 1.59. The van der Waals surface area contributed by atoms with Crippen LogP contribution in [0, 0.1) is 6.92 Å². The van der Waals surface area contributed by atoms with Crippen LogP contribution in [-0.2, 0) is 21.0 Å². The molecule has 2 N–H and O–H groups in total. The van der Waals surface area contributed by atoms with Crippen LogP contribution in [0.5, 0.6) is 11.5 Å². The van der Waals surface area contributed by atoms with E-state index < -0.39 is 34.3 Å². The monoisotopic (exact) mass is 508 g/mol. The van der Waals surface area contributed by atoms with E-state index in [1.54, 1.807) is 31.2 Å². The van der Waals surface area contributed by atoms with Gasteiger partial charge >= 0.3 is 6.18 Å². The van der Waals surface area contributed by atoms with Crippen molar-refractivity contribution in [1.82, 2.24) is 0 Å². The lowest BCUT2D eigenvalue weighted by molar-refractivity contribution is -0.137. The van der Waals surface area contributed by atoms with Crippen molar-refractivity contribution in [3.05, 3.63) is 77.9 Å². The average Bonchev–Trinajstić information content (AvgIpc) is 2.79. The van der Waals surface area contributed by atoms with Crippen molar-refractivity contribution in [1.29, 1.82) is 0 Å². The molecule has 0 radical (unpaired) electrons. The molecule has 0 aliphatic heterocycles. The summed E-state index contributed by atoms with van der Waals surface area (Å²) in [7, 11) is -3.87. The summed E-state index contributed by atoms with van der Waals surface area (Å²) >= 11 is 0. The van der Waals surface area contributed by atoms with Gasteiger partial charge in [-0.25, -0.2) is 8.42 Å². The number of alkyl halides is 3. The number of benzene rings is 3. The Bertz CT molecular complexity index is 1280. The van der Waals surface area contributed by atoms with Crippen LogP contribution < -0.4 is 19.5 Å². The summed E-state index contributed by atoms with van der Waals surface area (Å²) in [6, 6.07) is 14.7. The maximum atomic E-state index is 12.7. The van der Waals surface area contributed by atoms with Gasteiger partial charge in [0.25, 0.3) is 15.9 Å². The topological polar surface area (TPSA) is 93.7 Å². The van der Waals surface area contributed by atoms with E-state index in [2.05, 4.69) is 10.0 Å². The first kappa shape index (κ1) is 25.9. The molecule has 0 saturated heterocycles. The largest absolute Gasteiger partial charge is 0.494 e. The number of hydrogen-bond acceptors (Lipinski definition) is 5. The number of carbonyl (C=O) groups is 1. The number of sulfonamides is 1. The lowest BCUT2D eigenvalue weighted by Crippen LogP contribution is -2.20. The van der Waals surface area contributed by atoms with Crippen molar-refractivity contribution < 1.29 is 35.9 Å². The third-order valence-corrected chi connectivity index (χ3v) is 6.11.